The molecular weight excluding hydrogens is 346 g/mol. The summed E-state index contributed by atoms with van der Waals surface area (Å²) in [5, 5.41) is 8.85. The van der Waals surface area contributed by atoms with Crippen molar-refractivity contribution in [2.75, 3.05) is 10.5 Å². The van der Waals surface area contributed by atoms with Crippen molar-refractivity contribution in [2.24, 2.45) is 7.05 Å². The van der Waals surface area contributed by atoms with Crippen molar-refractivity contribution in [1.82, 2.24) is 9.55 Å². The van der Waals surface area contributed by atoms with E-state index < -0.39 is 10.0 Å². The first-order chi connectivity index (χ1) is 9.35. The number of anilines is 2. The van der Waals surface area contributed by atoms with Gasteiger partial charge in [0.05, 0.1) is 17.6 Å². The van der Waals surface area contributed by atoms with E-state index in [9.17, 15) is 8.42 Å². The molecule has 1 aromatic carbocycles. The van der Waals surface area contributed by atoms with Crippen molar-refractivity contribution in [2.45, 2.75) is 5.03 Å². The summed E-state index contributed by atoms with van der Waals surface area (Å²) in [6.45, 7) is 0. The molecule has 0 saturated carbocycles. The lowest BCUT2D eigenvalue weighted by molar-refractivity contribution is 0.592. The minimum absolute atomic E-state index is 0.103. The lowest BCUT2D eigenvalue weighted by Crippen LogP contribution is -2.18. The summed E-state index contributed by atoms with van der Waals surface area (Å²) < 4.78 is 28.9. The molecule has 20 heavy (non-hydrogen) atoms. The number of nitrogen functional groups attached to an aromatic ring is 1. The van der Waals surface area contributed by atoms with Crippen molar-refractivity contribution >= 4 is 37.5 Å². The van der Waals surface area contributed by atoms with E-state index in [0.717, 1.165) is 0 Å². The summed E-state index contributed by atoms with van der Waals surface area (Å²) in [6.07, 6.45) is 1.30. The lowest BCUT2D eigenvalue weighted by Gasteiger charge is -2.10. The van der Waals surface area contributed by atoms with E-state index in [0.29, 0.717) is 4.47 Å². The number of nitrogens with one attached hydrogen (secondary N) is 1. The van der Waals surface area contributed by atoms with Crippen LogP contribution in [0.5, 0.6) is 0 Å². The number of nitrogens with two attached hydrogens (primary N) is 1. The van der Waals surface area contributed by atoms with Crippen molar-refractivity contribution in [3.63, 3.8) is 0 Å². The Morgan fingerprint density at radius 3 is 2.75 bits per heavy atom. The third-order valence-electron chi connectivity index (χ3n) is 2.51. The molecule has 0 bridgehead atoms. The Morgan fingerprint density at radius 1 is 1.50 bits per heavy atom. The number of nitrogens with zero attached hydrogens (tertiary/aromatic N) is 3. The smallest absolute Gasteiger partial charge is 0.281 e. The van der Waals surface area contributed by atoms with Gasteiger partial charge in [-0.15, -0.1) is 0 Å². The van der Waals surface area contributed by atoms with Gasteiger partial charge in [-0.05, 0) is 18.2 Å². The number of aromatic nitrogens is 2. The van der Waals surface area contributed by atoms with Crippen molar-refractivity contribution in [3.05, 3.63) is 34.6 Å². The van der Waals surface area contributed by atoms with E-state index >= 15 is 0 Å². The highest BCUT2D eigenvalue weighted by atomic mass is 79.9. The maximum atomic E-state index is 12.3. The fourth-order valence-electron chi connectivity index (χ4n) is 1.66. The Kier molecular flexibility index (Phi) is 3.69. The maximum absolute atomic E-state index is 12.3. The molecule has 104 valence electrons. The van der Waals surface area contributed by atoms with Crippen LogP contribution in [0.2, 0.25) is 0 Å². The number of halogens is 1. The fraction of sp³-hybridized carbons (Fsp3) is 0.0909. The largest absolute Gasteiger partial charge is 0.381 e. The molecule has 9 heteroatoms. The third-order valence-corrected chi connectivity index (χ3v) is 4.50. The number of rotatable bonds is 3. The molecule has 0 radical (unpaired) electrons. The number of hydrogen-bond acceptors (Lipinski definition) is 5. The standard InChI is InChI=1S/C11H10BrN5O2S/c1-17-6-15-10(14)11(17)20(18,19)16-9-4-8(12)3-2-7(9)5-13/h2-4,6,16H,14H2,1H3. The van der Waals surface area contributed by atoms with Gasteiger partial charge < -0.3 is 10.3 Å². The Labute approximate surface area is 124 Å². The zero-order chi connectivity index (χ0) is 14.9. The summed E-state index contributed by atoms with van der Waals surface area (Å²) in [7, 11) is -2.41. The monoisotopic (exact) mass is 355 g/mol. The molecular formula is C11H10BrN5O2S. The predicted octanol–water partition coefficient (Wildman–Crippen LogP) is 1.44. The average molecular weight is 356 g/mol. The Hall–Kier alpha value is -2.05. The van der Waals surface area contributed by atoms with Crippen LogP contribution < -0.4 is 10.5 Å². The lowest BCUT2D eigenvalue weighted by atomic mass is 10.2. The molecule has 2 rings (SSSR count). The first-order valence-electron chi connectivity index (χ1n) is 5.34. The van der Waals surface area contributed by atoms with Crippen LogP contribution >= 0.6 is 15.9 Å². The highest BCUT2D eigenvalue weighted by Gasteiger charge is 2.23. The molecule has 0 unspecified atom stereocenters. The molecule has 0 aliphatic rings. The molecule has 1 aromatic heterocycles. The van der Waals surface area contributed by atoms with Crippen LogP contribution in [-0.4, -0.2) is 18.0 Å². The first-order valence-corrected chi connectivity index (χ1v) is 7.62. The zero-order valence-corrected chi connectivity index (χ0v) is 12.7. The molecule has 0 amide bonds. The maximum Gasteiger partial charge on any atom is 0.281 e. The van der Waals surface area contributed by atoms with E-state index in [-0.39, 0.29) is 22.1 Å². The topological polar surface area (TPSA) is 114 Å². The molecule has 0 aliphatic carbocycles. The number of benzene rings is 1. The van der Waals surface area contributed by atoms with Gasteiger partial charge in [0.2, 0.25) is 0 Å². The third kappa shape index (κ3) is 2.61. The van der Waals surface area contributed by atoms with Gasteiger partial charge in [-0.2, -0.15) is 13.7 Å². The molecule has 3 N–H and O–H groups in total. The van der Waals surface area contributed by atoms with Gasteiger partial charge in [0, 0.05) is 11.5 Å². The highest BCUT2D eigenvalue weighted by molar-refractivity contribution is 9.10. The number of aryl methyl sites for hydroxylation is 1. The van der Waals surface area contributed by atoms with E-state index in [1.165, 1.54) is 30.1 Å². The van der Waals surface area contributed by atoms with Crippen LogP contribution in [0.3, 0.4) is 0 Å². The second-order valence-electron chi connectivity index (χ2n) is 3.95. The van der Waals surface area contributed by atoms with E-state index in [2.05, 4.69) is 25.6 Å². The Balaban J connectivity index is 2.50. The summed E-state index contributed by atoms with van der Waals surface area (Å²) in [5.41, 5.74) is 5.93. The van der Waals surface area contributed by atoms with E-state index in [1.54, 1.807) is 6.07 Å². The number of imidazole rings is 1. The molecule has 0 fully saturated rings. The first kappa shape index (κ1) is 14.4. The zero-order valence-electron chi connectivity index (χ0n) is 10.3. The minimum Gasteiger partial charge on any atom is -0.381 e. The second-order valence-corrected chi connectivity index (χ2v) is 6.47. The summed E-state index contributed by atoms with van der Waals surface area (Å²) >= 11 is 3.22. The summed E-state index contributed by atoms with van der Waals surface area (Å²) in [4.78, 5) is 3.73. The quantitative estimate of drug-likeness (QED) is 0.864. The van der Waals surface area contributed by atoms with Crippen LogP contribution in [-0.2, 0) is 17.1 Å². The highest BCUT2D eigenvalue weighted by Crippen LogP contribution is 2.25. The van der Waals surface area contributed by atoms with Crippen LogP contribution in [0.1, 0.15) is 5.56 Å². The Morgan fingerprint density at radius 2 is 2.20 bits per heavy atom. The molecule has 0 aliphatic heterocycles. The fourth-order valence-corrected chi connectivity index (χ4v) is 3.33. The second kappa shape index (κ2) is 5.15. The summed E-state index contributed by atoms with van der Waals surface area (Å²) in [5.74, 6) is -0.103. The van der Waals surface area contributed by atoms with Crippen LogP contribution in [0.4, 0.5) is 11.5 Å². The van der Waals surface area contributed by atoms with Gasteiger partial charge in [0.25, 0.3) is 10.0 Å². The Bertz CT molecular complexity index is 787. The summed E-state index contributed by atoms with van der Waals surface area (Å²) in [6, 6.07) is 6.58. The number of nitriles is 1. The molecule has 1 heterocycles. The normalized spacial score (nSPS) is 11.1. The SMILES string of the molecule is Cn1cnc(N)c1S(=O)(=O)Nc1cc(Br)ccc1C#N. The van der Waals surface area contributed by atoms with E-state index in [4.69, 9.17) is 11.0 Å². The number of sulfonamides is 1. The van der Waals surface area contributed by atoms with Crippen molar-refractivity contribution < 1.29 is 8.42 Å². The van der Waals surface area contributed by atoms with Crippen molar-refractivity contribution in [3.8, 4) is 6.07 Å². The molecule has 7 nitrogen and oxygen atoms in total. The van der Waals surface area contributed by atoms with Gasteiger partial charge in [-0.1, -0.05) is 15.9 Å². The predicted molar refractivity (Wildman–Crippen MR) is 77.3 cm³/mol. The number of hydrogen-bond donors (Lipinski definition) is 2. The molecule has 0 spiro atoms. The molecule has 2 aromatic rings. The van der Waals surface area contributed by atoms with Gasteiger partial charge in [-0.25, -0.2) is 4.98 Å². The van der Waals surface area contributed by atoms with Crippen LogP contribution in [0.25, 0.3) is 0 Å². The van der Waals surface area contributed by atoms with Gasteiger partial charge in [0.15, 0.2) is 10.8 Å². The van der Waals surface area contributed by atoms with Gasteiger partial charge >= 0.3 is 0 Å². The minimum atomic E-state index is -3.93. The average Bonchev–Trinajstić information content (AvgIpc) is 2.69. The molecule has 0 saturated heterocycles. The van der Waals surface area contributed by atoms with Gasteiger partial charge in [0.1, 0.15) is 6.07 Å². The van der Waals surface area contributed by atoms with E-state index in [1.807, 2.05) is 6.07 Å². The molecule has 0 atom stereocenters. The van der Waals surface area contributed by atoms with Crippen LogP contribution in [0, 0.1) is 11.3 Å². The van der Waals surface area contributed by atoms with Gasteiger partial charge in [-0.3, -0.25) is 4.72 Å². The van der Waals surface area contributed by atoms with Crippen LogP contribution in [0.15, 0.2) is 34.0 Å². The van der Waals surface area contributed by atoms with Crippen molar-refractivity contribution in [1.29, 1.82) is 5.26 Å².